The number of rotatable bonds is 6. The van der Waals surface area contributed by atoms with Crippen molar-refractivity contribution >= 4 is 0 Å². The second-order valence-corrected chi connectivity index (χ2v) is 4.66. The van der Waals surface area contributed by atoms with Crippen LogP contribution in [0.4, 0.5) is 0 Å². The van der Waals surface area contributed by atoms with Gasteiger partial charge in [0, 0.05) is 31.4 Å². The van der Waals surface area contributed by atoms with Crippen molar-refractivity contribution in [2.24, 2.45) is 0 Å². The van der Waals surface area contributed by atoms with Gasteiger partial charge in [0.2, 0.25) is 11.7 Å². The number of benzene rings is 1. The van der Waals surface area contributed by atoms with Gasteiger partial charge < -0.3 is 13.8 Å². The molecule has 2 aromatic heterocycles. The molecule has 0 radical (unpaired) electrons. The maximum Gasteiger partial charge on any atom is 0.223 e. The number of aryl methyl sites for hydroxylation is 2. The lowest BCUT2D eigenvalue weighted by Crippen LogP contribution is -2.02. The van der Waals surface area contributed by atoms with Crippen molar-refractivity contribution in [1.82, 2.24) is 19.7 Å². The molecule has 21 heavy (non-hydrogen) atoms. The Morgan fingerprint density at radius 3 is 2.76 bits per heavy atom. The number of nitrogens with zero attached hydrogens (tertiary/aromatic N) is 4. The molecule has 1 aromatic carbocycles. The molecule has 2 heterocycles. The fourth-order valence-corrected chi connectivity index (χ4v) is 1.97. The molecule has 0 unspecified atom stereocenters. The third kappa shape index (κ3) is 3.47. The highest BCUT2D eigenvalue weighted by atomic mass is 16.5. The summed E-state index contributed by atoms with van der Waals surface area (Å²) < 4.78 is 12.7. The first kappa shape index (κ1) is 13.4. The Labute approximate surface area is 122 Å². The summed E-state index contributed by atoms with van der Waals surface area (Å²) in [5.74, 6) is 1.99. The largest absolute Gasteiger partial charge is 0.494 e. The standard InChI is InChI=1S/C15H16N4O2/c1-12-17-15(18-21-12)13-3-5-14(6-4-13)20-10-2-8-19-9-7-16-11-19/h3-7,9,11H,2,8,10H2,1H3. The van der Waals surface area contributed by atoms with Crippen LogP contribution in [0, 0.1) is 6.92 Å². The zero-order valence-corrected chi connectivity index (χ0v) is 11.8. The highest BCUT2D eigenvalue weighted by Crippen LogP contribution is 2.19. The zero-order valence-electron chi connectivity index (χ0n) is 11.8. The first-order valence-electron chi connectivity index (χ1n) is 6.80. The number of ether oxygens (including phenoxy) is 1. The molecule has 0 saturated carbocycles. The molecule has 0 aliphatic heterocycles. The second-order valence-electron chi connectivity index (χ2n) is 4.66. The molecule has 3 rings (SSSR count). The van der Waals surface area contributed by atoms with Crippen LogP contribution < -0.4 is 4.74 Å². The van der Waals surface area contributed by atoms with Crippen LogP contribution >= 0.6 is 0 Å². The lowest BCUT2D eigenvalue weighted by atomic mass is 10.2. The first-order valence-corrected chi connectivity index (χ1v) is 6.80. The summed E-state index contributed by atoms with van der Waals surface area (Å²) in [6.45, 7) is 3.34. The van der Waals surface area contributed by atoms with Gasteiger partial charge in [0.05, 0.1) is 12.9 Å². The summed E-state index contributed by atoms with van der Waals surface area (Å²) in [5.41, 5.74) is 0.914. The van der Waals surface area contributed by atoms with Crippen LogP contribution in [-0.2, 0) is 6.54 Å². The molecule has 0 saturated heterocycles. The van der Waals surface area contributed by atoms with Gasteiger partial charge >= 0.3 is 0 Å². The lowest BCUT2D eigenvalue weighted by Gasteiger charge is -2.06. The summed E-state index contributed by atoms with van der Waals surface area (Å²) in [6.07, 6.45) is 6.46. The van der Waals surface area contributed by atoms with E-state index in [1.54, 1.807) is 13.1 Å². The van der Waals surface area contributed by atoms with Gasteiger partial charge in [-0.15, -0.1) is 0 Å². The average molecular weight is 284 g/mol. The minimum atomic E-state index is 0.560. The molecule has 6 heteroatoms. The van der Waals surface area contributed by atoms with Crippen molar-refractivity contribution in [3.8, 4) is 17.1 Å². The summed E-state index contributed by atoms with van der Waals surface area (Å²) in [6, 6.07) is 7.68. The molecule has 108 valence electrons. The molecule has 0 amide bonds. The quantitative estimate of drug-likeness (QED) is 0.651. The van der Waals surface area contributed by atoms with Gasteiger partial charge in [0.25, 0.3) is 0 Å². The molecule has 0 bridgehead atoms. The van der Waals surface area contributed by atoms with E-state index in [-0.39, 0.29) is 0 Å². The minimum absolute atomic E-state index is 0.560. The van der Waals surface area contributed by atoms with Gasteiger partial charge in [0.1, 0.15) is 5.75 Å². The Balaban J connectivity index is 1.50. The van der Waals surface area contributed by atoms with Gasteiger partial charge in [-0.05, 0) is 30.7 Å². The molecule has 0 aliphatic rings. The molecule has 0 N–H and O–H groups in total. The van der Waals surface area contributed by atoms with Crippen molar-refractivity contribution in [2.45, 2.75) is 19.9 Å². The SMILES string of the molecule is Cc1nc(-c2ccc(OCCCn3ccnc3)cc2)no1. The summed E-state index contributed by atoms with van der Waals surface area (Å²) in [5, 5.41) is 3.88. The molecule has 0 aliphatic carbocycles. The van der Waals surface area contributed by atoms with Gasteiger partial charge in [-0.3, -0.25) is 0 Å². The second kappa shape index (κ2) is 6.21. The average Bonchev–Trinajstić information content (AvgIpc) is 3.16. The smallest absolute Gasteiger partial charge is 0.223 e. The van der Waals surface area contributed by atoms with Gasteiger partial charge in [-0.1, -0.05) is 5.16 Å². The molecule has 6 nitrogen and oxygen atoms in total. The zero-order chi connectivity index (χ0) is 14.5. The van der Waals surface area contributed by atoms with Crippen LogP contribution in [0.25, 0.3) is 11.4 Å². The van der Waals surface area contributed by atoms with Crippen molar-refractivity contribution in [3.63, 3.8) is 0 Å². The first-order chi connectivity index (χ1) is 10.3. The van der Waals surface area contributed by atoms with E-state index in [9.17, 15) is 0 Å². The molecular formula is C15H16N4O2. The van der Waals surface area contributed by atoms with Crippen LogP contribution in [0.5, 0.6) is 5.75 Å². The van der Waals surface area contributed by atoms with Gasteiger partial charge in [0.15, 0.2) is 0 Å². The van der Waals surface area contributed by atoms with E-state index in [2.05, 4.69) is 15.1 Å². The van der Waals surface area contributed by atoms with Crippen molar-refractivity contribution in [1.29, 1.82) is 0 Å². The van der Waals surface area contributed by atoms with Crippen molar-refractivity contribution in [3.05, 3.63) is 48.9 Å². The fraction of sp³-hybridized carbons (Fsp3) is 0.267. The van der Waals surface area contributed by atoms with Gasteiger partial charge in [-0.25, -0.2) is 4.98 Å². The Hall–Kier alpha value is -2.63. The Kier molecular flexibility index (Phi) is 3.95. The Morgan fingerprint density at radius 1 is 1.24 bits per heavy atom. The number of hydrogen-bond acceptors (Lipinski definition) is 5. The minimum Gasteiger partial charge on any atom is -0.494 e. The summed E-state index contributed by atoms with van der Waals surface area (Å²) >= 11 is 0. The van der Waals surface area contributed by atoms with E-state index in [1.807, 2.05) is 41.4 Å². The van der Waals surface area contributed by atoms with E-state index < -0.39 is 0 Å². The monoisotopic (exact) mass is 284 g/mol. The number of hydrogen-bond donors (Lipinski definition) is 0. The van der Waals surface area contributed by atoms with Crippen LogP contribution in [0.3, 0.4) is 0 Å². The maximum absolute atomic E-state index is 5.70. The molecule has 0 fully saturated rings. The Bertz CT molecular complexity index is 674. The van der Waals surface area contributed by atoms with Crippen molar-refractivity contribution in [2.75, 3.05) is 6.61 Å². The van der Waals surface area contributed by atoms with Crippen LogP contribution in [0.1, 0.15) is 12.3 Å². The van der Waals surface area contributed by atoms with E-state index in [0.717, 1.165) is 24.3 Å². The highest BCUT2D eigenvalue weighted by molar-refractivity contribution is 5.55. The number of aromatic nitrogens is 4. The van der Waals surface area contributed by atoms with E-state index in [0.29, 0.717) is 18.3 Å². The van der Waals surface area contributed by atoms with Gasteiger partial charge in [-0.2, -0.15) is 4.98 Å². The van der Waals surface area contributed by atoms with Crippen molar-refractivity contribution < 1.29 is 9.26 Å². The van der Waals surface area contributed by atoms with E-state index >= 15 is 0 Å². The van der Waals surface area contributed by atoms with E-state index in [1.165, 1.54) is 0 Å². The third-order valence-electron chi connectivity index (χ3n) is 3.03. The molecule has 0 atom stereocenters. The Morgan fingerprint density at radius 2 is 2.10 bits per heavy atom. The predicted octanol–water partition coefficient (Wildman–Crippen LogP) is 2.71. The highest BCUT2D eigenvalue weighted by Gasteiger charge is 2.05. The van der Waals surface area contributed by atoms with Crippen LogP contribution in [0.15, 0.2) is 47.5 Å². The normalized spacial score (nSPS) is 10.7. The molecular weight excluding hydrogens is 268 g/mol. The third-order valence-corrected chi connectivity index (χ3v) is 3.03. The van der Waals surface area contributed by atoms with E-state index in [4.69, 9.17) is 9.26 Å². The molecule has 0 spiro atoms. The van der Waals surface area contributed by atoms with Crippen LogP contribution in [0.2, 0.25) is 0 Å². The maximum atomic E-state index is 5.70. The molecule has 3 aromatic rings. The summed E-state index contributed by atoms with van der Waals surface area (Å²) in [7, 11) is 0. The lowest BCUT2D eigenvalue weighted by molar-refractivity contribution is 0.302. The topological polar surface area (TPSA) is 66.0 Å². The fourth-order valence-electron chi connectivity index (χ4n) is 1.97. The summed E-state index contributed by atoms with van der Waals surface area (Å²) in [4.78, 5) is 8.19. The predicted molar refractivity (Wildman–Crippen MR) is 76.8 cm³/mol. The number of imidazole rings is 1. The van der Waals surface area contributed by atoms with Crippen LogP contribution in [-0.4, -0.2) is 26.3 Å².